The molecule has 0 amide bonds. The molecule has 1 rings (SSSR count). The van der Waals surface area contributed by atoms with E-state index in [4.69, 9.17) is 0 Å². The molecule has 0 saturated carbocycles. The van der Waals surface area contributed by atoms with E-state index in [9.17, 15) is 9.90 Å². The van der Waals surface area contributed by atoms with Crippen LogP contribution in [0.5, 0.6) is 0 Å². The molecule has 23 heavy (non-hydrogen) atoms. The molecule has 1 heterocycles. The Balaban J connectivity index is 1.88. The van der Waals surface area contributed by atoms with Crippen LogP contribution in [-0.2, 0) is 9.53 Å². The van der Waals surface area contributed by atoms with E-state index in [1.54, 1.807) is 0 Å². The number of rotatable bonds is 13. The first-order valence-corrected chi connectivity index (χ1v) is 9.13. The lowest BCUT2D eigenvalue weighted by atomic mass is 10.1. The van der Waals surface area contributed by atoms with Crippen molar-refractivity contribution in [2.75, 3.05) is 0 Å². The first-order chi connectivity index (χ1) is 11.2. The second-order valence-corrected chi connectivity index (χ2v) is 6.14. The number of carbonyl (C=O) groups is 1. The molecule has 0 aromatic rings. The highest BCUT2D eigenvalue weighted by Gasteiger charge is 2.22. The summed E-state index contributed by atoms with van der Waals surface area (Å²) in [6.07, 6.45) is 22.1. The first-order valence-electron chi connectivity index (χ1n) is 9.13. The molecule has 0 fully saturated rings. The maximum atomic E-state index is 10.9. The number of cyclic esters (lactones) is 1. The molecule has 1 aliphatic rings. The zero-order valence-corrected chi connectivity index (χ0v) is 14.5. The third-order valence-corrected chi connectivity index (χ3v) is 4.01. The maximum absolute atomic E-state index is 10.9. The molecule has 1 N–H and O–H groups in total. The number of allylic oxidation sites excluding steroid dienone is 4. The quantitative estimate of drug-likeness (QED) is 0.288. The van der Waals surface area contributed by atoms with Crippen molar-refractivity contribution in [3.05, 3.63) is 36.0 Å². The Kier molecular flexibility index (Phi) is 11.2. The molecule has 130 valence electrons. The van der Waals surface area contributed by atoms with Crippen molar-refractivity contribution in [2.24, 2.45) is 0 Å². The highest BCUT2D eigenvalue weighted by molar-refractivity contribution is 5.85. The van der Waals surface area contributed by atoms with E-state index in [2.05, 4.69) is 36.0 Å². The molecule has 1 aliphatic heterocycles. The molecule has 0 radical (unpaired) electrons. The highest BCUT2D eigenvalue weighted by Crippen LogP contribution is 2.20. The van der Waals surface area contributed by atoms with Crippen molar-refractivity contribution in [1.82, 2.24) is 0 Å². The van der Waals surface area contributed by atoms with Gasteiger partial charge >= 0.3 is 5.97 Å². The van der Waals surface area contributed by atoms with E-state index in [0.29, 0.717) is 0 Å². The summed E-state index contributed by atoms with van der Waals surface area (Å²) >= 11 is 0. The van der Waals surface area contributed by atoms with Crippen LogP contribution in [0.1, 0.15) is 77.6 Å². The molecule has 3 nitrogen and oxygen atoms in total. The molecule has 0 saturated heterocycles. The molecule has 0 aromatic carbocycles. The smallest absolute Gasteiger partial charge is 0.333 e. The lowest BCUT2D eigenvalue weighted by Gasteiger charge is -2.06. The summed E-state index contributed by atoms with van der Waals surface area (Å²) in [5.41, 5.74) is 0.723. The highest BCUT2D eigenvalue weighted by atomic mass is 16.6. The van der Waals surface area contributed by atoms with Gasteiger partial charge in [-0.25, -0.2) is 4.79 Å². The molecule has 0 aromatic heterocycles. The van der Waals surface area contributed by atoms with Gasteiger partial charge in [0.2, 0.25) is 6.29 Å². The average molecular weight is 320 g/mol. The molecule has 1 unspecified atom stereocenters. The van der Waals surface area contributed by atoms with Gasteiger partial charge in [0.05, 0.1) is 0 Å². The zero-order valence-electron chi connectivity index (χ0n) is 14.5. The number of carbonyl (C=O) groups excluding carboxylic acids is 1. The number of ether oxygens (including phenoxy) is 1. The Morgan fingerprint density at radius 3 is 2.26 bits per heavy atom. The minimum absolute atomic E-state index is 0.419. The predicted molar refractivity (Wildman–Crippen MR) is 94.9 cm³/mol. The largest absolute Gasteiger partial charge is 0.429 e. The predicted octanol–water partition coefficient (Wildman–Crippen LogP) is 5.21. The van der Waals surface area contributed by atoms with Crippen molar-refractivity contribution in [3.63, 3.8) is 0 Å². The summed E-state index contributed by atoms with van der Waals surface area (Å²) < 4.78 is 4.65. The van der Waals surface area contributed by atoms with E-state index >= 15 is 0 Å². The standard InChI is InChI=1S/C20H32O3/c1-2-3-4-5-6-7-8-9-10-11-12-13-14-15-16-18-17-19(21)23-20(18)22/h6-7,9-10,17,20,22H,2-5,8,11-16H2,1H3. The molecular formula is C20H32O3. The zero-order chi connectivity index (χ0) is 16.8. The Hall–Kier alpha value is -1.35. The summed E-state index contributed by atoms with van der Waals surface area (Å²) in [7, 11) is 0. The van der Waals surface area contributed by atoms with Crippen LogP contribution in [0.2, 0.25) is 0 Å². The van der Waals surface area contributed by atoms with Gasteiger partial charge < -0.3 is 9.84 Å². The van der Waals surface area contributed by atoms with Gasteiger partial charge in [-0.05, 0) is 44.9 Å². The van der Waals surface area contributed by atoms with Gasteiger partial charge in [-0.1, -0.05) is 56.9 Å². The van der Waals surface area contributed by atoms with Gasteiger partial charge in [-0.2, -0.15) is 0 Å². The summed E-state index contributed by atoms with van der Waals surface area (Å²) in [5, 5.41) is 9.44. The van der Waals surface area contributed by atoms with Crippen molar-refractivity contribution < 1.29 is 14.6 Å². The van der Waals surface area contributed by atoms with Gasteiger partial charge in [0.1, 0.15) is 0 Å². The molecule has 1 atom stereocenters. The van der Waals surface area contributed by atoms with Gasteiger partial charge in [0.25, 0.3) is 0 Å². The minimum atomic E-state index is -1.000. The van der Waals surface area contributed by atoms with Crippen LogP contribution in [0.15, 0.2) is 36.0 Å². The van der Waals surface area contributed by atoms with E-state index in [0.717, 1.165) is 37.7 Å². The fourth-order valence-corrected chi connectivity index (χ4v) is 2.60. The second-order valence-electron chi connectivity index (χ2n) is 6.14. The monoisotopic (exact) mass is 320 g/mol. The molecule has 0 bridgehead atoms. The van der Waals surface area contributed by atoms with Crippen molar-refractivity contribution in [2.45, 2.75) is 83.8 Å². The Morgan fingerprint density at radius 1 is 1.00 bits per heavy atom. The van der Waals surface area contributed by atoms with Crippen LogP contribution in [-0.4, -0.2) is 17.4 Å². The molecule has 0 aliphatic carbocycles. The Bertz CT molecular complexity index is 407. The fraction of sp³-hybridized carbons (Fsp3) is 0.650. The van der Waals surface area contributed by atoms with Crippen molar-refractivity contribution >= 4 is 5.97 Å². The van der Waals surface area contributed by atoms with E-state index in [1.165, 1.54) is 44.6 Å². The number of unbranched alkanes of at least 4 members (excludes halogenated alkanes) is 7. The average Bonchev–Trinajstić information content (AvgIpc) is 2.85. The maximum Gasteiger partial charge on any atom is 0.333 e. The minimum Gasteiger partial charge on any atom is -0.429 e. The van der Waals surface area contributed by atoms with Crippen molar-refractivity contribution in [1.29, 1.82) is 0 Å². The van der Waals surface area contributed by atoms with Crippen LogP contribution < -0.4 is 0 Å². The molecule has 0 spiro atoms. The van der Waals surface area contributed by atoms with Crippen LogP contribution in [0.4, 0.5) is 0 Å². The van der Waals surface area contributed by atoms with Gasteiger partial charge in [0.15, 0.2) is 0 Å². The first kappa shape index (κ1) is 19.7. The summed E-state index contributed by atoms with van der Waals surface area (Å²) in [6.45, 7) is 2.23. The van der Waals surface area contributed by atoms with Crippen molar-refractivity contribution in [3.8, 4) is 0 Å². The number of aliphatic hydroxyl groups is 1. The topological polar surface area (TPSA) is 46.5 Å². The Morgan fingerprint density at radius 2 is 1.65 bits per heavy atom. The number of hydrogen-bond donors (Lipinski definition) is 1. The van der Waals surface area contributed by atoms with Gasteiger partial charge in [-0.3, -0.25) is 0 Å². The van der Waals surface area contributed by atoms with Crippen LogP contribution in [0.3, 0.4) is 0 Å². The number of hydrogen-bond acceptors (Lipinski definition) is 3. The lowest BCUT2D eigenvalue weighted by Crippen LogP contribution is -2.09. The van der Waals surface area contributed by atoms with Gasteiger partial charge in [-0.15, -0.1) is 0 Å². The molecule has 3 heteroatoms. The summed E-state index contributed by atoms with van der Waals surface area (Å²) in [6, 6.07) is 0. The van der Waals surface area contributed by atoms with Crippen LogP contribution in [0, 0.1) is 0 Å². The van der Waals surface area contributed by atoms with Crippen LogP contribution >= 0.6 is 0 Å². The summed E-state index contributed by atoms with van der Waals surface area (Å²) in [4.78, 5) is 10.9. The third-order valence-electron chi connectivity index (χ3n) is 4.01. The van der Waals surface area contributed by atoms with Gasteiger partial charge in [0, 0.05) is 11.6 Å². The van der Waals surface area contributed by atoms with E-state index in [-0.39, 0.29) is 0 Å². The molecular weight excluding hydrogens is 288 g/mol. The normalized spacial score (nSPS) is 18.1. The van der Waals surface area contributed by atoms with E-state index in [1.807, 2.05) is 0 Å². The Labute approximate surface area is 141 Å². The second kappa shape index (κ2) is 13.1. The number of aliphatic hydroxyl groups excluding tert-OH is 1. The van der Waals surface area contributed by atoms with Crippen LogP contribution in [0.25, 0.3) is 0 Å². The SMILES string of the molecule is CCCCCC=CCC=CCCCCCCC1=CC(=O)OC1O. The van der Waals surface area contributed by atoms with E-state index < -0.39 is 12.3 Å². The third kappa shape index (κ3) is 10.1. The lowest BCUT2D eigenvalue weighted by molar-refractivity contribution is -0.151. The number of esters is 1. The summed E-state index contributed by atoms with van der Waals surface area (Å²) in [5.74, 6) is -0.419. The fourth-order valence-electron chi connectivity index (χ4n) is 2.60.